The molecule has 2 unspecified atom stereocenters. The molecule has 1 aliphatic carbocycles. The lowest BCUT2D eigenvalue weighted by Gasteiger charge is -2.23. The van der Waals surface area contributed by atoms with Crippen LogP contribution in [-0.4, -0.2) is 39.2 Å². The predicted molar refractivity (Wildman–Crippen MR) is 134 cm³/mol. The summed E-state index contributed by atoms with van der Waals surface area (Å²) >= 11 is 0. The first kappa shape index (κ1) is 24.4. The molecule has 4 aromatic rings. The first-order valence-electron chi connectivity index (χ1n) is 12.5. The summed E-state index contributed by atoms with van der Waals surface area (Å²) in [6.07, 6.45) is 2.66. The van der Waals surface area contributed by atoms with E-state index in [2.05, 4.69) is 30.8 Å². The number of halogens is 3. The quantitative estimate of drug-likeness (QED) is 0.315. The number of carbonyl (C=O) groups is 1. The number of carbonyl (C=O) groups excluding carboxylic acids is 1. The van der Waals surface area contributed by atoms with E-state index in [4.69, 9.17) is 4.74 Å². The molecule has 8 nitrogen and oxygen atoms in total. The number of nitrogens with zero attached hydrogens (tertiary/aromatic N) is 3. The van der Waals surface area contributed by atoms with Crippen LogP contribution in [0.1, 0.15) is 40.9 Å². The first-order valence-corrected chi connectivity index (χ1v) is 12.5. The number of nitrogens with one attached hydrogen (secondary N) is 3. The van der Waals surface area contributed by atoms with Gasteiger partial charge in [0.1, 0.15) is 17.3 Å². The van der Waals surface area contributed by atoms with Gasteiger partial charge in [0.2, 0.25) is 0 Å². The SMILES string of the molecule is O=C(Nc1cc(C(F)(F)F)ccn1)c1ccc(Oc2ccnc3n[nH]c(CC4CC45CCCNC5)c23)cc1. The van der Waals surface area contributed by atoms with Crippen LogP contribution in [0.25, 0.3) is 11.0 Å². The molecule has 11 heteroatoms. The zero-order valence-corrected chi connectivity index (χ0v) is 20.3. The lowest BCUT2D eigenvalue weighted by atomic mass is 9.92. The van der Waals surface area contributed by atoms with Gasteiger partial charge in [0.25, 0.3) is 5.91 Å². The second-order valence-corrected chi connectivity index (χ2v) is 9.97. The molecule has 0 radical (unpaired) electrons. The number of benzene rings is 1. The molecule has 1 saturated carbocycles. The second kappa shape index (κ2) is 9.39. The number of amides is 1. The monoisotopic (exact) mass is 522 g/mol. The summed E-state index contributed by atoms with van der Waals surface area (Å²) in [5, 5.41) is 14.3. The van der Waals surface area contributed by atoms with Gasteiger partial charge in [-0.05, 0) is 86.0 Å². The average molecular weight is 523 g/mol. The van der Waals surface area contributed by atoms with Crippen LogP contribution in [0.15, 0.2) is 54.9 Å². The fourth-order valence-electron chi connectivity index (χ4n) is 5.36. The highest BCUT2D eigenvalue weighted by Crippen LogP contribution is 2.58. The Morgan fingerprint density at radius 2 is 1.95 bits per heavy atom. The molecule has 0 bridgehead atoms. The number of anilines is 1. The number of fused-ring (bicyclic) bond motifs is 1. The summed E-state index contributed by atoms with van der Waals surface area (Å²) in [6.45, 7) is 2.15. The van der Waals surface area contributed by atoms with Gasteiger partial charge in [0.15, 0.2) is 5.65 Å². The van der Waals surface area contributed by atoms with Crippen molar-refractivity contribution in [1.29, 1.82) is 0 Å². The molecular weight excluding hydrogens is 497 g/mol. The third-order valence-electron chi connectivity index (χ3n) is 7.48. The van der Waals surface area contributed by atoms with Gasteiger partial charge >= 0.3 is 6.18 Å². The van der Waals surface area contributed by atoms with Crippen LogP contribution in [-0.2, 0) is 12.6 Å². The van der Waals surface area contributed by atoms with Gasteiger partial charge in [-0.3, -0.25) is 9.89 Å². The Morgan fingerprint density at radius 3 is 2.71 bits per heavy atom. The Labute approximate surface area is 216 Å². The molecule has 3 aromatic heterocycles. The van der Waals surface area contributed by atoms with Crippen molar-refractivity contribution in [2.45, 2.75) is 31.9 Å². The number of piperidine rings is 1. The number of ether oxygens (including phenoxy) is 1. The third-order valence-corrected chi connectivity index (χ3v) is 7.48. The van der Waals surface area contributed by atoms with E-state index >= 15 is 0 Å². The number of pyridine rings is 2. The van der Waals surface area contributed by atoms with Crippen LogP contribution in [0.4, 0.5) is 19.0 Å². The second-order valence-electron chi connectivity index (χ2n) is 9.97. The van der Waals surface area contributed by atoms with Crippen LogP contribution >= 0.6 is 0 Å². The predicted octanol–water partition coefficient (Wildman–Crippen LogP) is 5.35. The molecule has 1 amide bonds. The zero-order chi connectivity index (χ0) is 26.3. The average Bonchev–Trinajstić information content (AvgIpc) is 3.37. The number of hydrogen-bond acceptors (Lipinski definition) is 6. The Hall–Kier alpha value is -3.99. The highest BCUT2D eigenvalue weighted by Gasteiger charge is 2.53. The van der Waals surface area contributed by atoms with E-state index in [0.29, 0.717) is 28.5 Å². The molecular formula is C27H25F3N6O2. The highest BCUT2D eigenvalue weighted by atomic mass is 19.4. The molecule has 38 heavy (non-hydrogen) atoms. The minimum absolute atomic E-state index is 0.182. The number of hydrogen-bond donors (Lipinski definition) is 3. The molecule has 6 rings (SSSR count). The molecule has 196 valence electrons. The van der Waals surface area contributed by atoms with Crippen LogP contribution in [0.3, 0.4) is 0 Å². The normalized spacial score (nSPS) is 21.0. The van der Waals surface area contributed by atoms with Crippen LogP contribution < -0.4 is 15.4 Å². The molecule has 3 N–H and O–H groups in total. The van der Waals surface area contributed by atoms with Gasteiger partial charge in [-0.15, -0.1) is 0 Å². The number of H-pyrrole nitrogens is 1. The van der Waals surface area contributed by atoms with Gasteiger partial charge in [0.05, 0.1) is 10.9 Å². The molecule has 1 aromatic carbocycles. The summed E-state index contributed by atoms with van der Waals surface area (Å²) in [7, 11) is 0. The maximum absolute atomic E-state index is 12.9. The van der Waals surface area contributed by atoms with Crippen LogP contribution in [0, 0.1) is 11.3 Å². The third kappa shape index (κ3) is 4.81. The molecule has 2 atom stereocenters. The standard InChI is InChI=1S/C27H25F3N6O2/c28-27(29,30)17-6-10-32-22(13-17)34-25(37)16-2-4-19(5-3-16)38-21-7-11-33-24-23(21)20(35-36-24)12-18-14-26(18)8-1-9-31-15-26/h2-7,10-11,13,18,31H,1,8-9,12,14-15H2,(H,32,34,37)(H,33,35,36). The first-order chi connectivity index (χ1) is 18.3. The van der Waals surface area contributed by atoms with Crippen molar-refractivity contribution in [2.24, 2.45) is 11.3 Å². The van der Waals surface area contributed by atoms with Crippen molar-refractivity contribution in [3.05, 3.63) is 71.7 Å². The van der Waals surface area contributed by atoms with E-state index in [9.17, 15) is 18.0 Å². The Kier molecular flexibility index (Phi) is 6.02. The molecule has 1 spiro atoms. The summed E-state index contributed by atoms with van der Waals surface area (Å²) in [5.41, 5.74) is 1.33. The van der Waals surface area contributed by atoms with Gasteiger partial charge in [-0.2, -0.15) is 18.3 Å². The summed E-state index contributed by atoms with van der Waals surface area (Å²) in [5.74, 6) is 0.940. The smallest absolute Gasteiger partial charge is 0.416 e. The fraction of sp³-hybridized carbons (Fsp3) is 0.333. The lowest BCUT2D eigenvalue weighted by Crippen LogP contribution is -2.32. The van der Waals surface area contributed by atoms with Gasteiger partial charge < -0.3 is 15.4 Å². The van der Waals surface area contributed by atoms with E-state index in [1.54, 1.807) is 24.4 Å². The number of rotatable bonds is 6. The minimum Gasteiger partial charge on any atom is -0.456 e. The molecule has 1 aliphatic heterocycles. The summed E-state index contributed by atoms with van der Waals surface area (Å²) in [4.78, 5) is 20.7. The maximum atomic E-state index is 12.9. The molecule has 2 fully saturated rings. The van der Waals surface area contributed by atoms with E-state index in [1.165, 1.54) is 31.4 Å². The maximum Gasteiger partial charge on any atom is 0.416 e. The molecule has 4 heterocycles. The van der Waals surface area contributed by atoms with Crippen molar-refractivity contribution < 1.29 is 22.7 Å². The summed E-state index contributed by atoms with van der Waals surface area (Å²) in [6, 6.07) is 9.76. The minimum atomic E-state index is -4.53. The Morgan fingerprint density at radius 1 is 1.13 bits per heavy atom. The number of alkyl halides is 3. The zero-order valence-electron chi connectivity index (χ0n) is 20.3. The molecule has 1 saturated heterocycles. The number of aromatic nitrogens is 4. The highest BCUT2D eigenvalue weighted by molar-refractivity contribution is 6.03. The van der Waals surface area contributed by atoms with Crippen molar-refractivity contribution >= 4 is 22.8 Å². The lowest BCUT2D eigenvalue weighted by molar-refractivity contribution is -0.137. The van der Waals surface area contributed by atoms with Crippen molar-refractivity contribution in [3.8, 4) is 11.5 Å². The molecule has 2 aliphatic rings. The largest absolute Gasteiger partial charge is 0.456 e. The number of aromatic amines is 1. The van der Waals surface area contributed by atoms with Crippen LogP contribution in [0.5, 0.6) is 11.5 Å². The van der Waals surface area contributed by atoms with Crippen molar-refractivity contribution in [3.63, 3.8) is 0 Å². The summed E-state index contributed by atoms with van der Waals surface area (Å²) < 4.78 is 45.0. The Balaban J connectivity index is 1.16. The van der Waals surface area contributed by atoms with Gasteiger partial charge in [-0.25, -0.2) is 9.97 Å². The van der Waals surface area contributed by atoms with E-state index in [0.717, 1.165) is 48.9 Å². The Bertz CT molecular complexity index is 1480. The van der Waals surface area contributed by atoms with Crippen molar-refractivity contribution in [2.75, 3.05) is 18.4 Å². The van der Waals surface area contributed by atoms with E-state index in [-0.39, 0.29) is 11.4 Å². The van der Waals surface area contributed by atoms with E-state index < -0.39 is 17.6 Å². The van der Waals surface area contributed by atoms with E-state index in [1.807, 2.05) is 0 Å². The fourth-order valence-corrected chi connectivity index (χ4v) is 5.36. The van der Waals surface area contributed by atoms with Gasteiger partial charge in [-0.1, -0.05) is 0 Å². The topological polar surface area (TPSA) is 105 Å². The van der Waals surface area contributed by atoms with Crippen molar-refractivity contribution in [1.82, 2.24) is 25.5 Å². The van der Waals surface area contributed by atoms with Gasteiger partial charge in [0, 0.05) is 30.2 Å². The van der Waals surface area contributed by atoms with Crippen LogP contribution in [0.2, 0.25) is 0 Å².